The summed E-state index contributed by atoms with van der Waals surface area (Å²) in [6.45, 7) is 1.83. The minimum absolute atomic E-state index is 0.0216. The van der Waals surface area contributed by atoms with E-state index in [2.05, 4.69) is 17.4 Å². The number of amides is 3. The van der Waals surface area contributed by atoms with E-state index in [9.17, 15) is 14.4 Å². The number of benzene rings is 2. The summed E-state index contributed by atoms with van der Waals surface area (Å²) in [5.41, 5.74) is 0.842. The van der Waals surface area contributed by atoms with Gasteiger partial charge < -0.3 is 19.9 Å². The van der Waals surface area contributed by atoms with Gasteiger partial charge in [0.2, 0.25) is 11.8 Å². The summed E-state index contributed by atoms with van der Waals surface area (Å²) in [6, 6.07) is 17.4. The molecule has 3 aliphatic heterocycles. The monoisotopic (exact) mass is 433 g/mol. The van der Waals surface area contributed by atoms with E-state index in [4.69, 9.17) is 4.74 Å². The van der Waals surface area contributed by atoms with E-state index in [0.717, 1.165) is 6.42 Å². The first kappa shape index (κ1) is 20.5. The minimum Gasteiger partial charge on any atom is -0.467 e. The van der Waals surface area contributed by atoms with Gasteiger partial charge in [-0.1, -0.05) is 42.5 Å². The minimum atomic E-state index is -0.912. The highest BCUT2D eigenvalue weighted by molar-refractivity contribution is 5.98. The molecule has 7 nitrogen and oxygen atoms in total. The molecule has 3 amide bonds. The van der Waals surface area contributed by atoms with E-state index < -0.39 is 5.72 Å². The van der Waals surface area contributed by atoms with Crippen LogP contribution in [-0.2, 0) is 9.59 Å². The van der Waals surface area contributed by atoms with Gasteiger partial charge in [0.05, 0.1) is 12.1 Å². The Balaban J connectivity index is 1.22. The second-order valence-electron chi connectivity index (χ2n) is 8.85. The number of likely N-dealkylation sites (tertiary alicyclic amines) is 2. The molecule has 2 aromatic carbocycles. The molecule has 1 N–H and O–H groups in total. The van der Waals surface area contributed by atoms with Crippen LogP contribution in [0.15, 0.2) is 54.6 Å². The van der Waals surface area contributed by atoms with Gasteiger partial charge in [-0.2, -0.15) is 0 Å². The molecule has 3 aliphatic rings. The van der Waals surface area contributed by atoms with E-state index in [1.165, 1.54) is 5.56 Å². The zero-order valence-electron chi connectivity index (χ0n) is 18.0. The molecule has 2 saturated heterocycles. The maximum absolute atomic E-state index is 13.0. The third-order valence-corrected chi connectivity index (χ3v) is 6.80. The Kier molecular flexibility index (Phi) is 5.33. The first-order chi connectivity index (χ1) is 15.5. The van der Waals surface area contributed by atoms with Gasteiger partial charge in [0.15, 0.2) is 5.72 Å². The number of hydrogen-bond donors (Lipinski definition) is 1. The van der Waals surface area contributed by atoms with Crippen LogP contribution in [0, 0.1) is 0 Å². The fraction of sp³-hybridized carbons (Fsp3) is 0.400. The predicted molar refractivity (Wildman–Crippen MR) is 118 cm³/mol. The van der Waals surface area contributed by atoms with E-state index >= 15 is 0 Å². The molecule has 2 aromatic rings. The Bertz CT molecular complexity index is 1040. The summed E-state index contributed by atoms with van der Waals surface area (Å²) in [6.07, 6.45) is 1.99. The van der Waals surface area contributed by atoms with Crippen LogP contribution in [0.3, 0.4) is 0 Å². The van der Waals surface area contributed by atoms with Crippen molar-refractivity contribution < 1.29 is 19.1 Å². The number of nitrogens with zero attached hydrogens (tertiary/aromatic N) is 2. The SMILES string of the molecule is O=C1NC2(CCC(=O)N(CC(=O)N3CCC(c4ccccc4)C3)CC2)Oc2ccccc21. The number of ether oxygens (including phenoxy) is 1. The lowest BCUT2D eigenvalue weighted by Gasteiger charge is -2.38. The lowest BCUT2D eigenvalue weighted by molar-refractivity contribution is -0.139. The number of carbonyl (C=O) groups excluding carboxylic acids is 3. The molecule has 0 bridgehead atoms. The van der Waals surface area contributed by atoms with Crippen LogP contribution >= 0.6 is 0 Å². The van der Waals surface area contributed by atoms with Crippen LogP contribution in [0.2, 0.25) is 0 Å². The van der Waals surface area contributed by atoms with Crippen molar-refractivity contribution in [1.29, 1.82) is 0 Å². The van der Waals surface area contributed by atoms with Gasteiger partial charge in [-0.25, -0.2) is 0 Å². The van der Waals surface area contributed by atoms with Crippen molar-refractivity contribution in [1.82, 2.24) is 15.1 Å². The molecule has 3 heterocycles. The van der Waals surface area contributed by atoms with Crippen molar-refractivity contribution in [2.24, 2.45) is 0 Å². The summed E-state index contributed by atoms with van der Waals surface area (Å²) in [4.78, 5) is 41.8. The predicted octanol–water partition coefficient (Wildman–Crippen LogP) is 2.53. The number of para-hydroxylation sites is 1. The summed E-state index contributed by atoms with van der Waals surface area (Å²) in [5.74, 6) is 0.594. The van der Waals surface area contributed by atoms with Crippen LogP contribution in [0.1, 0.15) is 47.5 Å². The summed E-state index contributed by atoms with van der Waals surface area (Å²) < 4.78 is 6.17. The Hall–Kier alpha value is -3.35. The molecule has 32 heavy (non-hydrogen) atoms. The number of fused-ring (bicyclic) bond motifs is 1. The standard InChI is InChI=1S/C25H27N3O4/c29-22-10-12-25(26-24(31)20-8-4-5-9-21(20)32-25)13-15-28(22)17-23(30)27-14-11-19(16-27)18-6-2-1-3-7-18/h1-9,19H,10-17H2,(H,26,31). The van der Waals surface area contributed by atoms with Crippen LogP contribution in [-0.4, -0.2) is 59.4 Å². The zero-order chi connectivity index (χ0) is 22.1. The van der Waals surface area contributed by atoms with E-state index in [0.29, 0.717) is 49.7 Å². The van der Waals surface area contributed by atoms with Gasteiger partial charge in [-0.15, -0.1) is 0 Å². The van der Waals surface area contributed by atoms with Crippen LogP contribution < -0.4 is 10.1 Å². The van der Waals surface area contributed by atoms with Crippen molar-refractivity contribution in [2.75, 3.05) is 26.2 Å². The first-order valence-electron chi connectivity index (χ1n) is 11.2. The third-order valence-electron chi connectivity index (χ3n) is 6.80. The molecule has 2 atom stereocenters. The molecule has 2 unspecified atom stereocenters. The van der Waals surface area contributed by atoms with Crippen molar-refractivity contribution in [3.05, 3.63) is 65.7 Å². The van der Waals surface area contributed by atoms with Gasteiger partial charge >= 0.3 is 0 Å². The quantitative estimate of drug-likeness (QED) is 0.807. The molecule has 5 rings (SSSR count). The van der Waals surface area contributed by atoms with Crippen molar-refractivity contribution in [3.8, 4) is 5.75 Å². The van der Waals surface area contributed by atoms with Gasteiger partial charge in [0.25, 0.3) is 5.91 Å². The Morgan fingerprint density at radius 3 is 2.66 bits per heavy atom. The maximum Gasteiger partial charge on any atom is 0.258 e. The van der Waals surface area contributed by atoms with Crippen molar-refractivity contribution >= 4 is 17.7 Å². The lowest BCUT2D eigenvalue weighted by atomic mass is 9.99. The highest BCUT2D eigenvalue weighted by Gasteiger charge is 2.43. The number of rotatable bonds is 3. The van der Waals surface area contributed by atoms with Crippen molar-refractivity contribution in [2.45, 2.75) is 37.3 Å². The Morgan fingerprint density at radius 1 is 1.03 bits per heavy atom. The van der Waals surface area contributed by atoms with Crippen molar-refractivity contribution in [3.63, 3.8) is 0 Å². The van der Waals surface area contributed by atoms with Crippen LogP contribution in [0.5, 0.6) is 5.75 Å². The van der Waals surface area contributed by atoms with E-state index in [-0.39, 0.29) is 30.7 Å². The van der Waals surface area contributed by atoms with Crippen LogP contribution in [0.4, 0.5) is 0 Å². The zero-order valence-corrected chi connectivity index (χ0v) is 18.0. The fourth-order valence-corrected chi connectivity index (χ4v) is 4.93. The molecule has 0 aliphatic carbocycles. The van der Waals surface area contributed by atoms with Gasteiger partial charge in [0, 0.05) is 44.8 Å². The second-order valence-corrected chi connectivity index (χ2v) is 8.85. The van der Waals surface area contributed by atoms with Gasteiger partial charge in [-0.05, 0) is 24.1 Å². The molecule has 7 heteroatoms. The number of nitrogens with one attached hydrogen (secondary N) is 1. The summed E-state index contributed by atoms with van der Waals surface area (Å²) in [7, 11) is 0. The highest BCUT2D eigenvalue weighted by atomic mass is 16.5. The summed E-state index contributed by atoms with van der Waals surface area (Å²) >= 11 is 0. The largest absolute Gasteiger partial charge is 0.467 e. The molecule has 1 spiro atoms. The summed E-state index contributed by atoms with van der Waals surface area (Å²) in [5, 5.41) is 2.97. The first-order valence-corrected chi connectivity index (χ1v) is 11.2. The number of hydrogen-bond acceptors (Lipinski definition) is 4. The highest BCUT2D eigenvalue weighted by Crippen LogP contribution is 2.34. The lowest BCUT2D eigenvalue weighted by Crippen LogP contribution is -2.56. The maximum atomic E-state index is 13.0. The average molecular weight is 434 g/mol. The Labute approximate surface area is 187 Å². The molecule has 0 radical (unpaired) electrons. The number of carbonyl (C=O) groups is 3. The topological polar surface area (TPSA) is 79.0 Å². The molecule has 0 aromatic heterocycles. The molecular weight excluding hydrogens is 406 g/mol. The smallest absolute Gasteiger partial charge is 0.258 e. The van der Waals surface area contributed by atoms with Crippen LogP contribution in [0.25, 0.3) is 0 Å². The average Bonchev–Trinajstić information content (AvgIpc) is 3.26. The van der Waals surface area contributed by atoms with Gasteiger partial charge in [0.1, 0.15) is 5.75 Å². The second kappa shape index (κ2) is 8.30. The normalized spacial score (nSPS) is 25.2. The molecule has 0 saturated carbocycles. The van der Waals surface area contributed by atoms with E-state index in [1.807, 2.05) is 29.2 Å². The molecule has 2 fully saturated rings. The molecular formula is C25H27N3O4. The van der Waals surface area contributed by atoms with Gasteiger partial charge in [-0.3, -0.25) is 14.4 Å². The molecule has 166 valence electrons. The Morgan fingerprint density at radius 2 is 1.81 bits per heavy atom. The fourth-order valence-electron chi connectivity index (χ4n) is 4.93. The van der Waals surface area contributed by atoms with E-state index in [1.54, 1.807) is 23.1 Å². The third kappa shape index (κ3) is 3.95.